The molecule has 2 saturated carbocycles. The van der Waals surface area contributed by atoms with Crippen molar-refractivity contribution < 1.29 is 19.1 Å². The summed E-state index contributed by atoms with van der Waals surface area (Å²) in [5.74, 6) is -0.199. The van der Waals surface area contributed by atoms with E-state index in [2.05, 4.69) is 0 Å². The van der Waals surface area contributed by atoms with Gasteiger partial charge in [0.15, 0.2) is 0 Å². The molecule has 2 bridgehead atoms. The second-order valence-corrected chi connectivity index (χ2v) is 5.03. The van der Waals surface area contributed by atoms with Crippen molar-refractivity contribution in [3.05, 3.63) is 0 Å². The number of carbonyl (C=O) groups excluding carboxylic acids is 2. The van der Waals surface area contributed by atoms with Crippen LogP contribution in [0.25, 0.3) is 0 Å². The van der Waals surface area contributed by atoms with Crippen LogP contribution < -0.4 is 0 Å². The van der Waals surface area contributed by atoms with Crippen molar-refractivity contribution in [1.82, 2.24) is 0 Å². The van der Waals surface area contributed by atoms with E-state index < -0.39 is 5.41 Å². The van der Waals surface area contributed by atoms with Gasteiger partial charge in [-0.15, -0.1) is 0 Å². The van der Waals surface area contributed by atoms with Gasteiger partial charge in [0.1, 0.15) is 0 Å². The minimum absolute atomic E-state index is 0.196. The highest BCUT2D eigenvalue weighted by molar-refractivity contribution is 5.86. The molecule has 0 heterocycles. The van der Waals surface area contributed by atoms with Crippen LogP contribution in [-0.4, -0.2) is 25.2 Å². The molecule has 0 aromatic carbocycles. The van der Waals surface area contributed by atoms with E-state index in [4.69, 9.17) is 9.47 Å². The van der Waals surface area contributed by atoms with Crippen LogP contribution in [0.15, 0.2) is 0 Å². The number of hydrogen-bond donors (Lipinski definition) is 0. The molecule has 4 heteroatoms. The molecule has 3 unspecified atom stereocenters. The van der Waals surface area contributed by atoms with E-state index in [-0.39, 0.29) is 17.9 Å². The minimum Gasteiger partial charge on any atom is -0.466 e. The smallest absolute Gasteiger partial charge is 0.312 e. The predicted molar refractivity (Wildman–Crippen MR) is 61.1 cm³/mol. The van der Waals surface area contributed by atoms with Crippen LogP contribution in [0.1, 0.15) is 39.5 Å². The summed E-state index contributed by atoms with van der Waals surface area (Å²) in [7, 11) is 0. The topological polar surface area (TPSA) is 52.6 Å². The summed E-state index contributed by atoms with van der Waals surface area (Å²) in [4.78, 5) is 24.0. The van der Waals surface area contributed by atoms with Crippen molar-refractivity contribution in [2.45, 2.75) is 39.5 Å². The van der Waals surface area contributed by atoms with Gasteiger partial charge in [0.05, 0.1) is 24.5 Å². The fourth-order valence-electron chi connectivity index (χ4n) is 3.42. The molecule has 96 valence electrons. The van der Waals surface area contributed by atoms with Crippen LogP contribution in [0, 0.1) is 17.3 Å². The number of fused-ring (bicyclic) bond motifs is 2. The fourth-order valence-corrected chi connectivity index (χ4v) is 3.42. The van der Waals surface area contributed by atoms with Crippen LogP contribution in [0.3, 0.4) is 0 Å². The van der Waals surface area contributed by atoms with E-state index in [1.807, 2.05) is 0 Å². The van der Waals surface area contributed by atoms with Crippen LogP contribution in [0.2, 0.25) is 0 Å². The standard InChI is InChI=1S/C13H20O4/c1-3-16-11(14)10-7-9-5-6-13(10,8-9)12(15)17-4-2/h9-10H,3-8H2,1-2H3. The Morgan fingerprint density at radius 2 is 1.94 bits per heavy atom. The summed E-state index contributed by atoms with van der Waals surface area (Å²) in [5.41, 5.74) is -0.576. The zero-order valence-corrected chi connectivity index (χ0v) is 10.5. The van der Waals surface area contributed by atoms with Gasteiger partial charge in [-0.25, -0.2) is 0 Å². The lowest BCUT2D eigenvalue weighted by atomic mass is 9.75. The zero-order valence-electron chi connectivity index (χ0n) is 10.5. The third-order valence-corrected chi connectivity index (χ3v) is 4.14. The Bertz CT molecular complexity index is 325. The molecular weight excluding hydrogens is 220 g/mol. The normalized spacial score (nSPS) is 34.7. The van der Waals surface area contributed by atoms with Gasteiger partial charge in [0.25, 0.3) is 0 Å². The first-order chi connectivity index (χ1) is 8.14. The maximum atomic E-state index is 12.1. The summed E-state index contributed by atoms with van der Waals surface area (Å²) in [5, 5.41) is 0. The molecule has 0 N–H and O–H groups in total. The molecule has 17 heavy (non-hydrogen) atoms. The summed E-state index contributed by atoms with van der Waals surface area (Å²) < 4.78 is 10.2. The second kappa shape index (κ2) is 4.67. The van der Waals surface area contributed by atoms with Crippen molar-refractivity contribution in [3.8, 4) is 0 Å². The largest absolute Gasteiger partial charge is 0.466 e. The van der Waals surface area contributed by atoms with Crippen LogP contribution in [0.5, 0.6) is 0 Å². The number of ether oxygens (including phenoxy) is 2. The Morgan fingerprint density at radius 1 is 1.24 bits per heavy atom. The lowest BCUT2D eigenvalue weighted by Crippen LogP contribution is -2.40. The van der Waals surface area contributed by atoms with Crippen molar-refractivity contribution in [3.63, 3.8) is 0 Å². The Kier molecular flexibility index (Phi) is 3.40. The molecule has 0 radical (unpaired) electrons. The first-order valence-electron chi connectivity index (χ1n) is 6.48. The highest BCUT2D eigenvalue weighted by atomic mass is 16.5. The molecule has 0 spiro atoms. The van der Waals surface area contributed by atoms with E-state index >= 15 is 0 Å². The third kappa shape index (κ3) is 1.94. The van der Waals surface area contributed by atoms with E-state index in [1.165, 1.54) is 0 Å². The molecule has 0 amide bonds. The maximum absolute atomic E-state index is 12.1. The molecule has 4 nitrogen and oxygen atoms in total. The lowest BCUT2D eigenvalue weighted by Gasteiger charge is -2.30. The first-order valence-corrected chi connectivity index (χ1v) is 6.48. The Morgan fingerprint density at radius 3 is 2.53 bits per heavy atom. The first kappa shape index (κ1) is 12.4. The van der Waals surface area contributed by atoms with Crippen molar-refractivity contribution >= 4 is 11.9 Å². The molecule has 2 fully saturated rings. The third-order valence-electron chi connectivity index (χ3n) is 4.14. The van der Waals surface area contributed by atoms with Crippen LogP contribution in [0.4, 0.5) is 0 Å². The Balaban J connectivity index is 2.16. The maximum Gasteiger partial charge on any atom is 0.312 e. The predicted octanol–water partition coefficient (Wildman–Crippen LogP) is 1.92. The van der Waals surface area contributed by atoms with Gasteiger partial charge < -0.3 is 9.47 Å². The molecule has 2 aliphatic rings. The minimum atomic E-state index is -0.576. The van der Waals surface area contributed by atoms with Gasteiger partial charge in [-0.05, 0) is 45.4 Å². The van der Waals surface area contributed by atoms with Gasteiger partial charge in [-0.2, -0.15) is 0 Å². The van der Waals surface area contributed by atoms with Crippen LogP contribution in [-0.2, 0) is 19.1 Å². The average Bonchev–Trinajstić information content (AvgIpc) is 2.88. The molecule has 0 aromatic heterocycles. The molecule has 0 aliphatic heterocycles. The van der Waals surface area contributed by atoms with Crippen molar-refractivity contribution in [2.24, 2.45) is 17.3 Å². The number of rotatable bonds is 4. The molecule has 2 aliphatic carbocycles. The van der Waals surface area contributed by atoms with E-state index in [0.29, 0.717) is 19.1 Å². The van der Waals surface area contributed by atoms with E-state index in [9.17, 15) is 9.59 Å². The lowest BCUT2D eigenvalue weighted by molar-refractivity contribution is -0.167. The monoisotopic (exact) mass is 240 g/mol. The SMILES string of the molecule is CCOC(=O)C1CC2CCC1(C(=O)OCC)C2. The average molecular weight is 240 g/mol. The quantitative estimate of drug-likeness (QED) is 0.704. The zero-order chi connectivity index (χ0) is 12.5. The summed E-state index contributed by atoms with van der Waals surface area (Å²) >= 11 is 0. The number of carbonyl (C=O) groups is 2. The highest BCUT2D eigenvalue weighted by Gasteiger charge is 2.60. The molecular formula is C13H20O4. The van der Waals surface area contributed by atoms with E-state index in [0.717, 1.165) is 25.7 Å². The Labute approximate surface area is 102 Å². The number of esters is 2. The second-order valence-electron chi connectivity index (χ2n) is 5.03. The van der Waals surface area contributed by atoms with Crippen molar-refractivity contribution in [2.75, 3.05) is 13.2 Å². The molecule has 2 rings (SSSR count). The Hall–Kier alpha value is -1.06. The van der Waals surface area contributed by atoms with Gasteiger partial charge in [0, 0.05) is 0 Å². The van der Waals surface area contributed by atoms with Gasteiger partial charge in [0.2, 0.25) is 0 Å². The van der Waals surface area contributed by atoms with Crippen molar-refractivity contribution in [1.29, 1.82) is 0 Å². The molecule has 0 saturated heterocycles. The molecule has 0 aromatic rings. The van der Waals surface area contributed by atoms with Gasteiger partial charge in [-0.1, -0.05) is 0 Å². The van der Waals surface area contributed by atoms with Gasteiger partial charge in [-0.3, -0.25) is 9.59 Å². The highest BCUT2D eigenvalue weighted by Crippen LogP contribution is 2.58. The summed E-state index contributed by atoms with van der Waals surface area (Å²) in [6, 6.07) is 0. The fraction of sp³-hybridized carbons (Fsp3) is 0.846. The van der Waals surface area contributed by atoms with Gasteiger partial charge >= 0.3 is 11.9 Å². The number of hydrogen-bond acceptors (Lipinski definition) is 4. The van der Waals surface area contributed by atoms with E-state index in [1.54, 1.807) is 13.8 Å². The molecule has 3 atom stereocenters. The summed E-state index contributed by atoms with van der Waals surface area (Å²) in [6.07, 6.45) is 3.40. The van der Waals surface area contributed by atoms with Crippen LogP contribution >= 0.6 is 0 Å². The summed E-state index contributed by atoms with van der Waals surface area (Å²) in [6.45, 7) is 4.34.